The van der Waals surface area contributed by atoms with Gasteiger partial charge in [0.25, 0.3) is 11.8 Å². The van der Waals surface area contributed by atoms with E-state index in [1.165, 1.54) is 31.5 Å². The Labute approximate surface area is 220 Å². The highest BCUT2D eigenvalue weighted by molar-refractivity contribution is 7.92. The van der Waals surface area contributed by atoms with Gasteiger partial charge < -0.3 is 19.5 Å². The molecule has 13 heteroatoms. The van der Waals surface area contributed by atoms with E-state index in [1.54, 1.807) is 24.3 Å². The van der Waals surface area contributed by atoms with Gasteiger partial charge in [0.2, 0.25) is 10.0 Å². The number of rotatable bonds is 12. The number of hydrazone groups is 1. The molecule has 0 aliphatic carbocycles. The monoisotopic (exact) mass is 552 g/mol. The Kier molecular flexibility index (Phi) is 10.1. The van der Waals surface area contributed by atoms with Gasteiger partial charge in [-0.25, -0.2) is 13.8 Å². The Morgan fingerprint density at radius 2 is 1.97 bits per heavy atom. The van der Waals surface area contributed by atoms with Crippen molar-refractivity contribution in [2.75, 3.05) is 44.0 Å². The second-order valence-corrected chi connectivity index (χ2v) is 10.5. The molecule has 0 saturated carbocycles. The number of methoxy groups -OCH3 is 1. The lowest BCUT2D eigenvalue weighted by Crippen LogP contribution is -2.39. The van der Waals surface area contributed by atoms with E-state index < -0.39 is 22.5 Å². The number of hydrogen-bond donors (Lipinski definition) is 2. The maximum atomic E-state index is 12.4. The van der Waals surface area contributed by atoms with Crippen LogP contribution in [0.25, 0.3) is 0 Å². The van der Waals surface area contributed by atoms with Gasteiger partial charge in [-0.1, -0.05) is 11.6 Å². The van der Waals surface area contributed by atoms with Gasteiger partial charge in [-0.2, -0.15) is 5.10 Å². The van der Waals surface area contributed by atoms with Crippen molar-refractivity contribution in [2.24, 2.45) is 5.10 Å². The molecule has 0 bridgehead atoms. The van der Waals surface area contributed by atoms with Crippen LogP contribution in [0, 0.1) is 0 Å². The van der Waals surface area contributed by atoms with Gasteiger partial charge in [-0.05, 0) is 60.9 Å². The summed E-state index contributed by atoms with van der Waals surface area (Å²) in [6.07, 6.45) is 4.40. The molecule has 2 aromatic rings. The van der Waals surface area contributed by atoms with Crippen LogP contribution in [-0.2, 0) is 24.3 Å². The average Bonchev–Trinajstić information content (AvgIpc) is 3.38. The molecule has 1 atom stereocenters. The molecule has 0 aromatic heterocycles. The summed E-state index contributed by atoms with van der Waals surface area (Å²) in [6, 6.07) is 11.1. The molecule has 0 radical (unpaired) electrons. The summed E-state index contributed by atoms with van der Waals surface area (Å²) in [5, 5.41) is 6.86. The van der Waals surface area contributed by atoms with Crippen molar-refractivity contribution < 1.29 is 32.2 Å². The van der Waals surface area contributed by atoms with E-state index in [2.05, 4.69) is 15.8 Å². The molecule has 1 aliphatic rings. The van der Waals surface area contributed by atoms with E-state index in [-0.39, 0.29) is 29.3 Å². The van der Waals surface area contributed by atoms with Crippen molar-refractivity contribution in [3.05, 3.63) is 53.1 Å². The van der Waals surface area contributed by atoms with Crippen LogP contribution in [-0.4, -0.2) is 72.2 Å². The van der Waals surface area contributed by atoms with Gasteiger partial charge in [0.15, 0.2) is 6.61 Å². The topological polar surface area (TPSA) is 136 Å². The van der Waals surface area contributed by atoms with Gasteiger partial charge in [0, 0.05) is 13.2 Å². The number of anilines is 1. The van der Waals surface area contributed by atoms with Crippen LogP contribution < -0.4 is 24.5 Å². The van der Waals surface area contributed by atoms with Crippen molar-refractivity contribution >= 4 is 45.3 Å². The van der Waals surface area contributed by atoms with Crippen LogP contribution in [0.2, 0.25) is 5.02 Å². The van der Waals surface area contributed by atoms with Crippen LogP contribution in [0.4, 0.5) is 5.69 Å². The van der Waals surface area contributed by atoms with Crippen LogP contribution in [0.5, 0.6) is 11.5 Å². The maximum Gasteiger partial charge on any atom is 0.260 e. The molecule has 0 unspecified atom stereocenters. The molecule has 200 valence electrons. The minimum absolute atomic E-state index is 0.0680. The highest BCUT2D eigenvalue weighted by atomic mass is 35.5. The number of hydrogen-bond acceptors (Lipinski definition) is 8. The SMILES string of the molecule is COc1ccc(N(CC(=O)N/N=C\c2ccc(OCC(=O)NC[C@@H]3CCCO3)cc2)S(C)(=O)=O)cc1Cl. The van der Waals surface area contributed by atoms with Crippen molar-refractivity contribution in [2.45, 2.75) is 18.9 Å². The Bertz CT molecular complexity index is 1220. The molecule has 2 N–H and O–H groups in total. The van der Waals surface area contributed by atoms with Crippen LogP contribution >= 0.6 is 11.6 Å². The van der Waals surface area contributed by atoms with Crippen LogP contribution in [0.1, 0.15) is 18.4 Å². The van der Waals surface area contributed by atoms with Gasteiger partial charge in [0.05, 0.1) is 36.4 Å². The molecule has 1 fully saturated rings. The third kappa shape index (κ3) is 8.92. The number of sulfonamides is 1. The van der Waals surface area contributed by atoms with E-state index in [1.807, 2.05) is 0 Å². The van der Waals surface area contributed by atoms with Crippen molar-refractivity contribution in [1.82, 2.24) is 10.7 Å². The van der Waals surface area contributed by atoms with E-state index in [0.29, 0.717) is 23.6 Å². The Morgan fingerprint density at radius 3 is 2.59 bits per heavy atom. The smallest absolute Gasteiger partial charge is 0.260 e. The molecule has 1 saturated heterocycles. The lowest BCUT2D eigenvalue weighted by Gasteiger charge is -2.21. The summed E-state index contributed by atoms with van der Waals surface area (Å²) < 4.78 is 41.4. The number of halogens is 1. The summed E-state index contributed by atoms with van der Waals surface area (Å²) >= 11 is 6.09. The number of nitrogens with one attached hydrogen (secondary N) is 2. The minimum atomic E-state index is -3.78. The first-order valence-electron chi connectivity index (χ1n) is 11.4. The number of amides is 2. The van der Waals surface area contributed by atoms with Crippen molar-refractivity contribution in [1.29, 1.82) is 0 Å². The fourth-order valence-corrected chi connectivity index (χ4v) is 4.54. The maximum absolute atomic E-state index is 12.4. The first kappa shape index (κ1) is 28.2. The highest BCUT2D eigenvalue weighted by Crippen LogP contribution is 2.30. The van der Waals surface area contributed by atoms with Gasteiger partial charge >= 0.3 is 0 Å². The highest BCUT2D eigenvalue weighted by Gasteiger charge is 2.22. The fourth-order valence-electron chi connectivity index (χ4n) is 3.44. The van der Waals surface area contributed by atoms with Gasteiger partial charge in [-0.3, -0.25) is 13.9 Å². The Hall–Kier alpha value is -3.35. The molecule has 3 rings (SSSR count). The summed E-state index contributed by atoms with van der Waals surface area (Å²) in [7, 11) is -2.34. The minimum Gasteiger partial charge on any atom is -0.495 e. The third-order valence-corrected chi connectivity index (χ3v) is 6.75. The van der Waals surface area contributed by atoms with Crippen molar-refractivity contribution in [3.8, 4) is 11.5 Å². The number of benzene rings is 2. The van der Waals surface area contributed by atoms with E-state index >= 15 is 0 Å². The van der Waals surface area contributed by atoms with Crippen molar-refractivity contribution in [3.63, 3.8) is 0 Å². The summed E-state index contributed by atoms with van der Waals surface area (Å²) in [4.78, 5) is 24.3. The second-order valence-electron chi connectivity index (χ2n) is 8.18. The van der Waals surface area contributed by atoms with Gasteiger partial charge in [0.1, 0.15) is 18.0 Å². The quantitative estimate of drug-likeness (QED) is 0.303. The molecule has 2 amide bonds. The third-order valence-electron chi connectivity index (χ3n) is 5.31. The summed E-state index contributed by atoms with van der Waals surface area (Å²) in [6.45, 7) is 0.584. The normalized spacial score (nSPS) is 15.4. The molecule has 37 heavy (non-hydrogen) atoms. The summed E-state index contributed by atoms with van der Waals surface area (Å²) in [5.41, 5.74) is 3.17. The standard InChI is InChI=1S/C24H29ClN4O7S/c1-34-22-10-7-18(12-21(22)25)29(37(2,32)33)15-23(30)28-27-13-17-5-8-19(9-6-17)36-16-24(31)26-14-20-4-3-11-35-20/h5-10,12-13,20H,3-4,11,14-16H2,1-2H3,(H,26,31)(H,28,30)/b27-13-/t20-/m0/s1. The molecule has 11 nitrogen and oxygen atoms in total. The Morgan fingerprint density at radius 1 is 1.22 bits per heavy atom. The molecule has 1 heterocycles. The van der Waals surface area contributed by atoms with Crippen LogP contribution in [0.3, 0.4) is 0 Å². The fraction of sp³-hybridized carbons (Fsp3) is 0.375. The predicted octanol–water partition coefficient (Wildman–Crippen LogP) is 1.94. The van der Waals surface area contributed by atoms with Gasteiger partial charge in [-0.15, -0.1) is 0 Å². The number of carbonyl (C=O) groups excluding carboxylic acids is 2. The van der Waals surface area contributed by atoms with E-state index in [0.717, 1.165) is 30.0 Å². The molecule has 1 aliphatic heterocycles. The first-order chi connectivity index (χ1) is 17.7. The second kappa shape index (κ2) is 13.3. The van der Waals surface area contributed by atoms with E-state index in [4.69, 9.17) is 25.8 Å². The number of ether oxygens (including phenoxy) is 3. The zero-order chi connectivity index (χ0) is 26.8. The zero-order valence-corrected chi connectivity index (χ0v) is 22.0. The lowest BCUT2D eigenvalue weighted by molar-refractivity contribution is -0.123. The predicted molar refractivity (Wildman–Crippen MR) is 140 cm³/mol. The zero-order valence-electron chi connectivity index (χ0n) is 20.5. The Balaban J connectivity index is 1.48. The first-order valence-corrected chi connectivity index (χ1v) is 13.6. The molecule has 2 aromatic carbocycles. The number of carbonyl (C=O) groups is 2. The molecule has 0 spiro atoms. The largest absolute Gasteiger partial charge is 0.495 e. The average molecular weight is 553 g/mol. The van der Waals surface area contributed by atoms with Crippen LogP contribution in [0.15, 0.2) is 47.6 Å². The lowest BCUT2D eigenvalue weighted by atomic mass is 10.2. The molecular formula is C24H29ClN4O7S. The van der Waals surface area contributed by atoms with E-state index in [9.17, 15) is 18.0 Å². The summed E-state index contributed by atoms with van der Waals surface area (Å²) in [5.74, 6) is -0.0103. The number of nitrogens with zero attached hydrogens (tertiary/aromatic N) is 2. The molecular weight excluding hydrogens is 524 g/mol.